The van der Waals surface area contributed by atoms with Crippen molar-refractivity contribution >= 4 is 17.4 Å². The van der Waals surface area contributed by atoms with Crippen LogP contribution in [0.5, 0.6) is 17.2 Å². The molecule has 5 rings (SSSR count). The maximum absolute atomic E-state index is 13.1. The van der Waals surface area contributed by atoms with Crippen LogP contribution < -0.4 is 14.2 Å². The molecule has 3 heterocycles. The lowest BCUT2D eigenvalue weighted by Crippen LogP contribution is -2.29. The van der Waals surface area contributed by atoms with E-state index < -0.39 is 17.7 Å². The molecule has 0 bridgehead atoms. The molecule has 2 aliphatic heterocycles. The molecule has 8 heteroatoms. The van der Waals surface area contributed by atoms with Gasteiger partial charge >= 0.3 is 0 Å². The quantitative estimate of drug-likeness (QED) is 0.362. The van der Waals surface area contributed by atoms with E-state index >= 15 is 0 Å². The van der Waals surface area contributed by atoms with E-state index in [-0.39, 0.29) is 17.9 Å². The first kappa shape index (κ1) is 20.7. The number of fused-ring (bicyclic) bond motifs is 1. The van der Waals surface area contributed by atoms with Gasteiger partial charge in [-0.25, -0.2) is 0 Å². The number of methoxy groups -OCH3 is 1. The summed E-state index contributed by atoms with van der Waals surface area (Å²) >= 11 is 0. The fourth-order valence-electron chi connectivity index (χ4n) is 4.09. The highest BCUT2D eigenvalue weighted by Gasteiger charge is 2.46. The largest absolute Gasteiger partial charge is 0.507 e. The molecule has 2 aliphatic rings. The molecule has 0 radical (unpaired) electrons. The maximum Gasteiger partial charge on any atom is 0.296 e. The number of likely N-dealkylation sites (tertiary alicyclic amines) is 1. The summed E-state index contributed by atoms with van der Waals surface area (Å²) in [5, 5.41) is 11.2. The van der Waals surface area contributed by atoms with Crippen molar-refractivity contribution in [2.45, 2.75) is 12.6 Å². The zero-order chi connectivity index (χ0) is 22.9. The van der Waals surface area contributed by atoms with Crippen molar-refractivity contribution in [2.24, 2.45) is 0 Å². The van der Waals surface area contributed by atoms with Crippen molar-refractivity contribution in [1.82, 2.24) is 4.90 Å². The number of ether oxygens (including phenoxy) is 3. The third-order valence-corrected chi connectivity index (χ3v) is 5.69. The van der Waals surface area contributed by atoms with Crippen LogP contribution in [0.3, 0.4) is 0 Å². The summed E-state index contributed by atoms with van der Waals surface area (Å²) < 4.78 is 21.8. The Morgan fingerprint density at radius 3 is 2.52 bits per heavy atom. The van der Waals surface area contributed by atoms with Crippen LogP contribution in [0, 0.1) is 0 Å². The second kappa shape index (κ2) is 8.38. The number of benzene rings is 2. The van der Waals surface area contributed by atoms with Gasteiger partial charge in [-0.05, 0) is 48.0 Å². The van der Waals surface area contributed by atoms with E-state index in [0.717, 1.165) is 0 Å². The van der Waals surface area contributed by atoms with Gasteiger partial charge in [0.1, 0.15) is 30.5 Å². The SMILES string of the molecule is COc1ccc([C@@H]2C(=C(O)c3ccc4c(c3)OCCO4)C(=O)C(=O)N2Cc2ccco2)cc1. The average molecular weight is 447 g/mol. The van der Waals surface area contributed by atoms with Gasteiger partial charge in [0.15, 0.2) is 11.5 Å². The van der Waals surface area contributed by atoms with E-state index in [4.69, 9.17) is 18.6 Å². The molecular formula is C25H21NO7. The van der Waals surface area contributed by atoms with Gasteiger partial charge in [0.25, 0.3) is 11.7 Å². The van der Waals surface area contributed by atoms with Crippen molar-refractivity contribution in [3.63, 3.8) is 0 Å². The topological polar surface area (TPSA) is 98.4 Å². The Balaban J connectivity index is 1.62. The van der Waals surface area contributed by atoms with Crippen LogP contribution in [-0.4, -0.2) is 42.0 Å². The van der Waals surface area contributed by atoms with E-state index in [0.29, 0.717) is 47.3 Å². The Hall–Kier alpha value is -4.20. The third-order valence-electron chi connectivity index (χ3n) is 5.69. The minimum absolute atomic E-state index is 0.00611. The molecule has 1 N–H and O–H groups in total. The number of carbonyl (C=O) groups excluding carboxylic acids is 2. The number of nitrogens with zero attached hydrogens (tertiary/aromatic N) is 1. The van der Waals surface area contributed by atoms with Crippen molar-refractivity contribution < 1.29 is 33.3 Å². The van der Waals surface area contributed by atoms with Gasteiger partial charge < -0.3 is 28.6 Å². The summed E-state index contributed by atoms with van der Waals surface area (Å²) in [6.07, 6.45) is 1.50. The van der Waals surface area contributed by atoms with Gasteiger partial charge in [0.05, 0.1) is 31.5 Å². The maximum atomic E-state index is 13.1. The molecule has 2 aromatic carbocycles. The Morgan fingerprint density at radius 2 is 1.82 bits per heavy atom. The Morgan fingerprint density at radius 1 is 1.06 bits per heavy atom. The lowest BCUT2D eigenvalue weighted by molar-refractivity contribution is -0.140. The highest BCUT2D eigenvalue weighted by Crippen LogP contribution is 2.42. The summed E-state index contributed by atoms with van der Waals surface area (Å²) in [5.74, 6) is 0.413. The molecule has 1 aromatic heterocycles. The number of ketones is 1. The fourth-order valence-corrected chi connectivity index (χ4v) is 4.09. The van der Waals surface area contributed by atoms with Crippen molar-refractivity contribution in [3.05, 3.63) is 83.3 Å². The summed E-state index contributed by atoms with van der Waals surface area (Å²) in [7, 11) is 1.56. The van der Waals surface area contributed by atoms with Crippen LogP contribution in [0.1, 0.15) is 22.9 Å². The number of aliphatic hydroxyl groups is 1. The molecule has 0 unspecified atom stereocenters. The highest BCUT2D eigenvalue weighted by molar-refractivity contribution is 6.46. The first-order valence-corrected chi connectivity index (χ1v) is 10.4. The van der Waals surface area contributed by atoms with Gasteiger partial charge in [-0.3, -0.25) is 9.59 Å². The number of amides is 1. The highest BCUT2D eigenvalue weighted by atomic mass is 16.6. The van der Waals surface area contributed by atoms with Crippen LogP contribution in [0.2, 0.25) is 0 Å². The Bertz CT molecular complexity index is 1230. The van der Waals surface area contributed by atoms with Crippen LogP contribution in [0.4, 0.5) is 0 Å². The van der Waals surface area contributed by atoms with Crippen molar-refractivity contribution in [1.29, 1.82) is 0 Å². The number of aliphatic hydroxyl groups excluding tert-OH is 1. The molecular weight excluding hydrogens is 426 g/mol. The van der Waals surface area contributed by atoms with E-state index in [2.05, 4.69) is 0 Å². The van der Waals surface area contributed by atoms with E-state index in [9.17, 15) is 14.7 Å². The van der Waals surface area contributed by atoms with Crippen molar-refractivity contribution in [3.8, 4) is 17.2 Å². The predicted molar refractivity (Wildman–Crippen MR) is 117 cm³/mol. The molecule has 1 atom stereocenters. The molecule has 8 nitrogen and oxygen atoms in total. The van der Waals surface area contributed by atoms with Gasteiger partial charge in [0, 0.05) is 5.56 Å². The molecule has 0 spiro atoms. The van der Waals surface area contributed by atoms with E-state index in [1.807, 2.05) is 0 Å². The minimum atomic E-state index is -0.811. The van der Waals surface area contributed by atoms with Crippen LogP contribution in [-0.2, 0) is 16.1 Å². The number of carbonyl (C=O) groups is 2. The first-order valence-electron chi connectivity index (χ1n) is 10.4. The predicted octanol–water partition coefficient (Wildman–Crippen LogP) is 3.68. The summed E-state index contributed by atoms with van der Waals surface area (Å²) in [5.41, 5.74) is 1.00. The summed E-state index contributed by atoms with van der Waals surface area (Å²) in [6, 6.07) is 14.6. The number of hydrogen-bond donors (Lipinski definition) is 1. The molecule has 1 saturated heterocycles. The molecule has 1 fully saturated rings. The van der Waals surface area contributed by atoms with E-state index in [1.165, 1.54) is 11.2 Å². The fraction of sp³-hybridized carbons (Fsp3) is 0.200. The lowest BCUT2D eigenvalue weighted by atomic mass is 9.95. The zero-order valence-corrected chi connectivity index (χ0v) is 17.8. The lowest BCUT2D eigenvalue weighted by Gasteiger charge is -2.25. The monoisotopic (exact) mass is 447 g/mol. The minimum Gasteiger partial charge on any atom is -0.507 e. The van der Waals surface area contributed by atoms with Gasteiger partial charge in [0.2, 0.25) is 0 Å². The van der Waals surface area contributed by atoms with E-state index in [1.54, 1.807) is 61.7 Å². The molecule has 0 saturated carbocycles. The number of rotatable bonds is 5. The second-order valence-corrected chi connectivity index (χ2v) is 7.64. The number of Topliss-reactive ketones (excluding diaryl/α,β-unsaturated/α-hetero) is 1. The van der Waals surface area contributed by atoms with Crippen LogP contribution in [0.15, 0.2) is 70.9 Å². The zero-order valence-electron chi connectivity index (χ0n) is 17.8. The van der Waals surface area contributed by atoms with Gasteiger partial charge in [-0.15, -0.1) is 0 Å². The molecule has 33 heavy (non-hydrogen) atoms. The Labute approximate surface area is 189 Å². The van der Waals surface area contributed by atoms with Crippen LogP contribution in [0.25, 0.3) is 5.76 Å². The van der Waals surface area contributed by atoms with Crippen molar-refractivity contribution in [2.75, 3.05) is 20.3 Å². The summed E-state index contributed by atoms with van der Waals surface area (Å²) in [4.78, 5) is 27.6. The van der Waals surface area contributed by atoms with Gasteiger partial charge in [-0.1, -0.05) is 12.1 Å². The second-order valence-electron chi connectivity index (χ2n) is 7.64. The number of furan rings is 1. The standard InChI is InChI=1S/C25H21NO7/c1-30-17-7-4-15(5-8-17)22-21(24(28)25(29)26(22)14-18-3-2-10-31-18)23(27)16-6-9-19-20(13-16)33-12-11-32-19/h2-10,13,22,27H,11-12,14H2,1H3/t22-/m1/s1. The first-order chi connectivity index (χ1) is 16.1. The summed E-state index contributed by atoms with van der Waals surface area (Å²) in [6.45, 7) is 0.899. The Kier molecular flexibility index (Phi) is 5.26. The third kappa shape index (κ3) is 3.69. The molecule has 0 aliphatic carbocycles. The number of hydrogen-bond acceptors (Lipinski definition) is 7. The smallest absolute Gasteiger partial charge is 0.296 e. The normalized spacial score (nSPS) is 19.1. The molecule has 3 aromatic rings. The average Bonchev–Trinajstić information content (AvgIpc) is 3.46. The van der Waals surface area contributed by atoms with Crippen LogP contribution >= 0.6 is 0 Å². The molecule has 168 valence electrons. The molecule has 1 amide bonds. The van der Waals surface area contributed by atoms with Gasteiger partial charge in [-0.2, -0.15) is 0 Å².